The number of nitrogens with one attached hydrogen (secondary N) is 1. The normalized spacial score (nSPS) is 12.6. The average Bonchev–Trinajstić information content (AvgIpc) is 2.50. The maximum atomic E-state index is 6.06. The van der Waals surface area contributed by atoms with E-state index in [1.807, 2.05) is 12.1 Å². The van der Waals surface area contributed by atoms with Crippen LogP contribution in [0.25, 0.3) is 0 Å². The van der Waals surface area contributed by atoms with Crippen molar-refractivity contribution in [1.29, 1.82) is 0 Å². The first-order valence-corrected chi connectivity index (χ1v) is 7.67. The quantitative estimate of drug-likeness (QED) is 0.846. The van der Waals surface area contributed by atoms with Gasteiger partial charge in [-0.2, -0.15) is 0 Å². The van der Waals surface area contributed by atoms with Gasteiger partial charge in [0.15, 0.2) is 0 Å². The number of benzene rings is 1. The van der Waals surface area contributed by atoms with Gasteiger partial charge in [0, 0.05) is 11.8 Å². The van der Waals surface area contributed by atoms with Gasteiger partial charge in [-0.15, -0.1) is 0 Å². The van der Waals surface area contributed by atoms with Crippen LogP contribution < -0.4 is 11.1 Å². The molecule has 0 fully saturated rings. The van der Waals surface area contributed by atoms with Crippen molar-refractivity contribution in [3.05, 3.63) is 59.3 Å². The molecule has 1 aromatic heterocycles. The first-order valence-electron chi connectivity index (χ1n) is 7.67. The van der Waals surface area contributed by atoms with Crippen LogP contribution >= 0.6 is 0 Å². The summed E-state index contributed by atoms with van der Waals surface area (Å²) in [6.45, 7) is 7.53. The fourth-order valence-electron chi connectivity index (χ4n) is 2.44. The summed E-state index contributed by atoms with van der Waals surface area (Å²) in [7, 11) is 0. The molecule has 1 unspecified atom stereocenters. The van der Waals surface area contributed by atoms with Gasteiger partial charge in [-0.25, -0.2) is 4.98 Å². The minimum atomic E-state index is 0.0971. The lowest BCUT2D eigenvalue weighted by atomic mass is 9.95. The molecule has 0 saturated carbocycles. The van der Waals surface area contributed by atoms with Crippen molar-refractivity contribution >= 4 is 5.82 Å². The molecule has 21 heavy (non-hydrogen) atoms. The number of hydrogen-bond donors (Lipinski definition) is 2. The Bertz CT molecular complexity index is 561. The summed E-state index contributed by atoms with van der Waals surface area (Å²) in [5.41, 5.74) is 9.69. The van der Waals surface area contributed by atoms with Crippen molar-refractivity contribution in [1.82, 2.24) is 10.3 Å². The second-order valence-corrected chi connectivity index (χ2v) is 5.69. The Morgan fingerprint density at radius 3 is 2.33 bits per heavy atom. The molecule has 0 radical (unpaired) electrons. The summed E-state index contributed by atoms with van der Waals surface area (Å²) in [4.78, 5) is 4.22. The highest BCUT2D eigenvalue weighted by Gasteiger charge is 2.16. The summed E-state index contributed by atoms with van der Waals surface area (Å²) in [6, 6.07) is 12.9. The lowest BCUT2D eigenvalue weighted by molar-refractivity contribution is 0.598. The maximum Gasteiger partial charge on any atom is 0.128 e. The Balaban J connectivity index is 2.33. The molecule has 3 N–H and O–H groups in total. The fourth-order valence-corrected chi connectivity index (χ4v) is 2.44. The van der Waals surface area contributed by atoms with E-state index < -0.39 is 0 Å². The highest BCUT2D eigenvalue weighted by atomic mass is 14.9. The van der Waals surface area contributed by atoms with Crippen LogP contribution in [0.15, 0.2) is 42.6 Å². The lowest BCUT2D eigenvalue weighted by Crippen LogP contribution is -2.24. The molecule has 0 saturated heterocycles. The molecule has 1 heterocycles. The Morgan fingerprint density at radius 1 is 1.10 bits per heavy atom. The third-order valence-electron chi connectivity index (χ3n) is 3.72. The molecule has 0 spiro atoms. The van der Waals surface area contributed by atoms with Crippen LogP contribution in [-0.4, -0.2) is 11.5 Å². The number of hydrogen-bond acceptors (Lipinski definition) is 3. The Morgan fingerprint density at radius 2 is 1.76 bits per heavy atom. The van der Waals surface area contributed by atoms with E-state index in [0.29, 0.717) is 11.7 Å². The highest BCUT2D eigenvalue weighted by molar-refractivity contribution is 5.46. The molecule has 1 atom stereocenters. The number of aromatic nitrogens is 1. The molecule has 112 valence electrons. The number of nitrogens with two attached hydrogens (primary N) is 1. The molecule has 1 aromatic carbocycles. The Kier molecular flexibility index (Phi) is 5.34. The number of anilines is 1. The molecule has 0 aliphatic carbocycles. The van der Waals surface area contributed by atoms with Crippen LogP contribution in [-0.2, 0) is 0 Å². The first-order chi connectivity index (χ1) is 10.1. The van der Waals surface area contributed by atoms with E-state index in [1.54, 1.807) is 6.20 Å². The van der Waals surface area contributed by atoms with Crippen molar-refractivity contribution in [2.45, 2.75) is 39.2 Å². The lowest BCUT2D eigenvalue weighted by Gasteiger charge is -2.21. The van der Waals surface area contributed by atoms with Crippen LogP contribution in [0.4, 0.5) is 5.82 Å². The maximum absolute atomic E-state index is 6.06. The second kappa shape index (κ2) is 7.23. The highest BCUT2D eigenvalue weighted by Crippen LogP contribution is 2.26. The van der Waals surface area contributed by atoms with Gasteiger partial charge < -0.3 is 11.1 Å². The largest absolute Gasteiger partial charge is 0.383 e. The number of nitrogen functional groups attached to an aromatic ring is 1. The minimum Gasteiger partial charge on any atom is -0.383 e. The smallest absolute Gasteiger partial charge is 0.128 e. The summed E-state index contributed by atoms with van der Waals surface area (Å²) in [5.74, 6) is 1.14. The van der Waals surface area contributed by atoms with Crippen molar-refractivity contribution in [3.8, 4) is 0 Å². The Labute approximate surface area is 127 Å². The summed E-state index contributed by atoms with van der Waals surface area (Å²) < 4.78 is 0. The zero-order chi connectivity index (χ0) is 15.2. The SMILES string of the molecule is CCCNC(c1ccc(C(C)C)cc1)c1cccnc1N. The molecule has 0 bridgehead atoms. The van der Waals surface area contributed by atoms with Crippen LogP contribution in [0.5, 0.6) is 0 Å². The molecule has 0 aliphatic rings. The molecular weight excluding hydrogens is 258 g/mol. The Hall–Kier alpha value is -1.87. The predicted molar refractivity (Wildman–Crippen MR) is 89.3 cm³/mol. The molecule has 3 nitrogen and oxygen atoms in total. The van der Waals surface area contributed by atoms with Crippen molar-refractivity contribution in [2.24, 2.45) is 0 Å². The van der Waals surface area contributed by atoms with Crippen molar-refractivity contribution in [2.75, 3.05) is 12.3 Å². The van der Waals surface area contributed by atoms with Gasteiger partial charge in [0.05, 0.1) is 6.04 Å². The van der Waals surface area contributed by atoms with Gasteiger partial charge in [0.25, 0.3) is 0 Å². The molecular formula is C18H25N3. The van der Waals surface area contributed by atoms with Crippen molar-refractivity contribution in [3.63, 3.8) is 0 Å². The molecule has 3 heteroatoms. The third-order valence-corrected chi connectivity index (χ3v) is 3.72. The van der Waals surface area contributed by atoms with Crippen LogP contribution in [0.1, 0.15) is 55.8 Å². The fraction of sp³-hybridized carbons (Fsp3) is 0.389. The predicted octanol–water partition coefficient (Wildman–Crippen LogP) is 3.88. The summed E-state index contributed by atoms with van der Waals surface area (Å²) in [6.07, 6.45) is 2.82. The van der Waals surface area contributed by atoms with Gasteiger partial charge in [0.2, 0.25) is 0 Å². The van der Waals surface area contributed by atoms with E-state index in [9.17, 15) is 0 Å². The van der Waals surface area contributed by atoms with Gasteiger partial charge in [-0.3, -0.25) is 0 Å². The summed E-state index contributed by atoms with van der Waals surface area (Å²) in [5, 5.41) is 3.57. The van der Waals surface area contributed by atoms with Crippen LogP contribution in [0, 0.1) is 0 Å². The zero-order valence-corrected chi connectivity index (χ0v) is 13.1. The average molecular weight is 283 g/mol. The monoisotopic (exact) mass is 283 g/mol. The van der Waals surface area contributed by atoms with Gasteiger partial charge in [0.1, 0.15) is 5.82 Å². The first kappa shape index (κ1) is 15.5. The standard InChI is InChI=1S/C18H25N3/c1-4-11-20-17(16-6-5-12-21-18(16)19)15-9-7-14(8-10-15)13(2)3/h5-10,12-13,17,20H,4,11H2,1-3H3,(H2,19,21). The topological polar surface area (TPSA) is 50.9 Å². The van der Waals surface area contributed by atoms with E-state index in [0.717, 1.165) is 18.5 Å². The third kappa shape index (κ3) is 3.82. The van der Waals surface area contributed by atoms with Crippen LogP contribution in [0.3, 0.4) is 0 Å². The number of pyridine rings is 1. The second-order valence-electron chi connectivity index (χ2n) is 5.69. The van der Waals surface area contributed by atoms with E-state index in [1.165, 1.54) is 11.1 Å². The van der Waals surface area contributed by atoms with Gasteiger partial charge in [-0.1, -0.05) is 51.1 Å². The van der Waals surface area contributed by atoms with Gasteiger partial charge in [-0.05, 0) is 36.1 Å². The summed E-state index contributed by atoms with van der Waals surface area (Å²) >= 11 is 0. The van der Waals surface area contributed by atoms with E-state index >= 15 is 0 Å². The zero-order valence-electron chi connectivity index (χ0n) is 13.1. The number of rotatable bonds is 6. The van der Waals surface area contributed by atoms with Crippen molar-refractivity contribution < 1.29 is 0 Å². The van der Waals surface area contributed by atoms with E-state index in [-0.39, 0.29) is 6.04 Å². The molecule has 2 aromatic rings. The number of nitrogens with zero attached hydrogens (tertiary/aromatic N) is 1. The van der Waals surface area contributed by atoms with Crippen LogP contribution in [0.2, 0.25) is 0 Å². The molecule has 0 aliphatic heterocycles. The molecule has 0 amide bonds. The minimum absolute atomic E-state index is 0.0971. The van der Waals surface area contributed by atoms with E-state index in [2.05, 4.69) is 55.3 Å². The van der Waals surface area contributed by atoms with Gasteiger partial charge >= 0.3 is 0 Å². The van der Waals surface area contributed by atoms with E-state index in [4.69, 9.17) is 5.73 Å². The molecule has 2 rings (SSSR count).